The van der Waals surface area contributed by atoms with E-state index in [4.69, 9.17) is 4.42 Å². The van der Waals surface area contributed by atoms with Gasteiger partial charge < -0.3 is 9.73 Å². The van der Waals surface area contributed by atoms with Crippen LogP contribution in [0.25, 0.3) is 0 Å². The van der Waals surface area contributed by atoms with Crippen LogP contribution in [0.15, 0.2) is 16.5 Å². The molecule has 7 heteroatoms. The van der Waals surface area contributed by atoms with Gasteiger partial charge in [-0.2, -0.15) is 0 Å². The summed E-state index contributed by atoms with van der Waals surface area (Å²) in [4.78, 5) is 11.6. The van der Waals surface area contributed by atoms with Crippen LogP contribution in [-0.4, -0.2) is 45.0 Å². The first-order chi connectivity index (χ1) is 8.30. The molecule has 1 rings (SSSR count). The zero-order valence-electron chi connectivity index (χ0n) is 10.8. The highest BCUT2D eigenvalue weighted by Crippen LogP contribution is 2.05. The first-order valence-electron chi connectivity index (χ1n) is 5.56. The predicted octanol–water partition coefficient (Wildman–Crippen LogP) is 0.599. The van der Waals surface area contributed by atoms with Crippen molar-refractivity contribution in [3.8, 4) is 0 Å². The van der Waals surface area contributed by atoms with Crippen LogP contribution in [-0.2, 0) is 10.0 Å². The highest BCUT2D eigenvalue weighted by atomic mass is 32.2. The lowest BCUT2D eigenvalue weighted by atomic mass is 10.4. The van der Waals surface area contributed by atoms with Gasteiger partial charge in [-0.25, -0.2) is 12.7 Å². The van der Waals surface area contributed by atoms with Crippen molar-refractivity contribution in [1.29, 1.82) is 0 Å². The van der Waals surface area contributed by atoms with Crippen LogP contribution in [0.1, 0.15) is 22.7 Å². The van der Waals surface area contributed by atoms with Crippen molar-refractivity contribution in [3.63, 3.8) is 0 Å². The van der Waals surface area contributed by atoms with Gasteiger partial charge in [-0.1, -0.05) is 0 Å². The molecule has 1 aromatic heterocycles. The van der Waals surface area contributed by atoms with Crippen LogP contribution in [0.4, 0.5) is 0 Å². The summed E-state index contributed by atoms with van der Waals surface area (Å²) in [5.74, 6) is 0.658. The minimum Gasteiger partial charge on any atom is -0.456 e. The molecule has 0 saturated carbocycles. The van der Waals surface area contributed by atoms with Crippen LogP contribution in [0.5, 0.6) is 0 Å². The molecule has 0 saturated heterocycles. The average molecular weight is 274 g/mol. The number of sulfonamides is 1. The van der Waals surface area contributed by atoms with Crippen molar-refractivity contribution in [2.45, 2.75) is 13.3 Å². The molecule has 0 unspecified atom stereocenters. The molecule has 18 heavy (non-hydrogen) atoms. The molecule has 0 aromatic carbocycles. The lowest BCUT2D eigenvalue weighted by Crippen LogP contribution is -2.30. The summed E-state index contributed by atoms with van der Waals surface area (Å²) >= 11 is 0. The molecule has 0 aliphatic heterocycles. The Bertz CT molecular complexity index is 507. The molecule has 0 aliphatic carbocycles. The minimum absolute atomic E-state index is 0.268. The second-order valence-electron chi connectivity index (χ2n) is 4.10. The number of amides is 1. The first-order valence-corrected chi connectivity index (χ1v) is 7.41. The lowest BCUT2D eigenvalue weighted by Gasteiger charge is -2.13. The van der Waals surface area contributed by atoms with Gasteiger partial charge in [0.15, 0.2) is 5.76 Å². The molecule has 102 valence electrons. The highest BCUT2D eigenvalue weighted by Gasteiger charge is 2.11. The van der Waals surface area contributed by atoms with Crippen LogP contribution in [0.2, 0.25) is 0 Å². The number of furan rings is 1. The highest BCUT2D eigenvalue weighted by molar-refractivity contribution is 7.88. The second-order valence-corrected chi connectivity index (χ2v) is 6.19. The minimum atomic E-state index is -3.15. The molecule has 0 atom stereocenters. The van der Waals surface area contributed by atoms with Crippen LogP contribution in [0.3, 0.4) is 0 Å². The molecule has 0 radical (unpaired) electrons. The van der Waals surface area contributed by atoms with Crippen molar-refractivity contribution < 1.29 is 17.6 Å². The van der Waals surface area contributed by atoms with E-state index >= 15 is 0 Å². The summed E-state index contributed by atoms with van der Waals surface area (Å²) in [7, 11) is -1.64. The van der Waals surface area contributed by atoms with E-state index < -0.39 is 10.0 Å². The number of rotatable bonds is 6. The quantitative estimate of drug-likeness (QED) is 0.770. The summed E-state index contributed by atoms with van der Waals surface area (Å²) in [6.07, 6.45) is 1.70. The van der Waals surface area contributed by atoms with E-state index in [9.17, 15) is 13.2 Å². The number of carbonyl (C=O) groups excluding carboxylic acids is 1. The molecule has 0 fully saturated rings. The summed E-state index contributed by atoms with van der Waals surface area (Å²) < 4.78 is 28.6. The molecular formula is C11H18N2O4S. The molecule has 1 aromatic rings. The van der Waals surface area contributed by atoms with Gasteiger partial charge in [0.2, 0.25) is 10.0 Å². The Balaban J connectivity index is 2.29. The van der Waals surface area contributed by atoms with Crippen LogP contribution < -0.4 is 5.32 Å². The van der Waals surface area contributed by atoms with E-state index in [0.717, 1.165) is 6.26 Å². The number of carbonyl (C=O) groups is 1. The monoisotopic (exact) mass is 274 g/mol. The van der Waals surface area contributed by atoms with Gasteiger partial charge in [0.1, 0.15) is 5.76 Å². The summed E-state index contributed by atoms with van der Waals surface area (Å²) in [6, 6.07) is 3.32. The third-order valence-electron chi connectivity index (χ3n) is 2.47. The van der Waals surface area contributed by atoms with E-state index in [1.54, 1.807) is 19.1 Å². The average Bonchev–Trinajstić information content (AvgIpc) is 2.69. The Labute approximate surface area is 107 Å². The fourth-order valence-electron chi connectivity index (χ4n) is 1.31. The van der Waals surface area contributed by atoms with Crippen molar-refractivity contribution in [3.05, 3.63) is 23.7 Å². The summed E-state index contributed by atoms with van der Waals surface area (Å²) in [5.41, 5.74) is 0. The molecule has 1 amide bonds. The molecule has 0 bridgehead atoms. The summed E-state index contributed by atoms with van der Waals surface area (Å²) in [5, 5.41) is 2.66. The van der Waals surface area contributed by atoms with Crippen LogP contribution >= 0.6 is 0 Å². The van der Waals surface area contributed by atoms with E-state index in [0.29, 0.717) is 25.3 Å². The smallest absolute Gasteiger partial charge is 0.286 e. The lowest BCUT2D eigenvalue weighted by molar-refractivity contribution is 0.0924. The van der Waals surface area contributed by atoms with E-state index in [-0.39, 0.29) is 11.7 Å². The predicted molar refractivity (Wildman–Crippen MR) is 67.9 cm³/mol. The zero-order chi connectivity index (χ0) is 13.8. The van der Waals surface area contributed by atoms with Gasteiger partial charge in [0, 0.05) is 20.1 Å². The number of aryl methyl sites for hydroxylation is 1. The largest absolute Gasteiger partial charge is 0.456 e. The zero-order valence-corrected chi connectivity index (χ0v) is 11.6. The third-order valence-corrected chi connectivity index (χ3v) is 3.78. The fraction of sp³-hybridized carbons (Fsp3) is 0.545. The Morgan fingerprint density at radius 2 is 2.11 bits per heavy atom. The van der Waals surface area contributed by atoms with E-state index in [2.05, 4.69) is 5.32 Å². The van der Waals surface area contributed by atoms with Crippen molar-refractivity contribution in [1.82, 2.24) is 9.62 Å². The third kappa shape index (κ3) is 4.50. The molecular weight excluding hydrogens is 256 g/mol. The first kappa shape index (κ1) is 14.7. The van der Waals surface area contributed by atoms with Gasteiger partial charge in [-0.05, 0) is 25.5 Å². The molecule has 0 aliphatic rings. The standard InChI is InChI=1S/C11H18N2O4S/c1-9-5-6-10(17-9)11(14)12-7-4-8-13(2)18(3,15)16/h5-6H,4,7-8H2,1-3H3,(H,12,14). The van der Waals surface area contributed by atoms with E-state index in [1.165, 1.54) is 11.4 Å². The van der Waals surface area contributed by atoms with Gasteiger partial charge in [0.25, 0.3) is 5.91 Å². The SMILES string of the molecule is Cc1ccc(C(=O)NCCCN(C)S(C)(=O)=O)o1. The number of hydrogen-bond acceptors (Lipinski definition) is 4. The van der Waals surface area contributed by atoms with Crippen molar-refractivity contribution in [2.75, 3.05) is 26.4 Å². The Morgan fingerprint density at radius 3 is 2.61 bits per heavy atom. The molecule has 0 spiro atoms. The number of nitrogens with zero attached hydrogens (tertiary/aromatic N) is 1. The summed E-state index contributed by atoms with van der Waals surface area (Å²) in [6.45, 7) is 2.53. The molecule has 1 N–H and O–H groups in total. The maximum Gasteiger partial charge on any atom is 0.286 e. The Kier molecular flexibility index (Phi) is 4.92. The van der Waals surface area contributed by atoms with Crippen LogP contribution in [0, 0.1) is 6.92 Å². The maximum atomic E-state index is 11.6. The Morgan fingerprint density at radius 1 is 1.44 bits per heavy atom. The number of hydrogen-bond donors (Lipinski definition) is 1. The topological polar surface area (TPSA) is 79.6 Å². The van der Waals surface area contributed by atoms with Gasteiger partial charge in [-0.15, -0.1) is 0 Å². The maximum absolute atomic E-state index is 11.6. The van der Waals surface area contributed by atoms with Crippen molar-refractivity contribution >= 4 is 15.9 Å². The normalized spacial score (nSPS) is 11.8. The van der Waals surface area contributed by atoms with Gasteiger partial charge in [0.05, 0.1) is 6.26 Å². The number of nitrogens with one attached hydrogen (secondary N) is 1. The molecule has 6 nitrogen and oxygen atoms in total. The van der Waals surface area contributed by atoms with Gasteiger partial charge >= 0.3 is 0 Å². The second kappa shape index (κ2) is 6.01. The fourth-order valence-corrected chi connectivity index (χ4v) is 1.77. The van der Waals surface area contributed by atoms with E-state index in [1.807, 2.05) is 0 Å². The van der Waals surface area contributed by atoms with Crippen molar-refractivity contribution in [2.24, 2.45) is 0 Å². The van der Waals surface area contributed by atoms with Gasteiger partial charge in [-0.3, -0.25) is 4.79 Å². The Hall–Kier alpha value is -1.34. The molecule has 1 heterocycles.